The van der Waals surface area contributed by atoms with Gasteiger partial charge in [0.05, 0.1) is 0 Å². The van der Waals surface area contributed by atoms with Crippen molar-refractivity contribution in [3.8, 4) is 0 Å². The van der Waals surface area contributed by atoms with Crippen LogP contribution in [0, 0.1) is 0 Å². The van der Waals surface area contributed by atoms with Crippen LogP contribution < -0.4 is 5.32 Å². The van der Waals surface area contributed by atoms with Gasteiger partial charge in [0.2, 0.25) is 0 Å². The number of hydrogen-bond acceptors (Lipinski definition) is 4. The van der Waals surface area contributed by atoms with Gasteiger partial charge in [0.15, 0.2) is 0 Å². The Morgan fingerprint density at radius 1 is 1.11 bits per heavy atom. The first-order valence-electron chi connectivity index (χ1n) is 7.04. The van der Waals surface area contributed by atoms with E-state index in [9.17, 15) is 0 Å². The van der Waals surface area contributed by atoms with E-state index in [1.165, 1.54) is 19.3 Å². The molecule has 102 valence electrons. The van der Waals surface area contributed by atoms with E-state index >= 15 is 0 Å². The second-order valence-corrected chi connectivity index (χ2v) is 5.46. The van der Waals surface area contributed by atoms with Gasteiger partial charge in [-0.2, -0.15) is 0 Å². The van der Waals surface area contributed by atoms with E-state index in [0.717, 1.165) is 41.8 Å². The normalized spacial score (nSPS) is 10.6. The fraction of sp³-hybridized carbons (Fsp3) is 0.714. The Labute approximate surface area is 115 Å². The molecule has 0 spiro atoms. The molecule has 18 heavy (non-hydrogen) atoms. The van der Waals surface area contributed by atoms with Crippen LogP contribution in [0.5, 0.6) is 0 Å². The van der Waals surface area contributed by atoms with Crippen molar-refractivity contribution in [2.75, 3.05) is 17.6 Å². The zero-order chi connectivity index (χ0) is 13.2. The summed E-state index contributed by atoms with van der Waals surface area (Å²) < 4.78 is 0. The number of aryl methyl sites for hydroxylation is 1. The number of hydrogen-bond donors (Lipinski definition) is 1. The first-order chi connectivity index (χ1) is 8.80. The summed E-state index contributed by atoms with van der Waals surface area (Å²) in [5, 5.41) is 4.40. The maximum Gasteiger partial charge on any atom is 0.132 e. The van der Waals surface area contributed by atoms with Gasteiger partial charge in [-0.05, 0) is 25.5 Å². The molecule has 4 heteroatoms. The van der Waals surface area contributed by atoms with Gasteiger partial charge >= 0.3 is 0 Å². The van der Waals surface area contributed by atoms with Crippen LogP contribution >= 0.6 is 11.8 Å². The largest absolute Gasteiger partial charge is 0.370 e. The van der Waals surface area contributed by atoms with Crippen LogP contribution in [-0.4, -0.2) is 22.3 Å². The highest BCUT2D eigenvalue weighted by atomic mass is 32.2. The summed E-state index contributed by atoms with van der Waals surface area (Å²) in [6, 6.07) is 2.07. The molecule has 0 unspecified atom stereocenters. The van der Waals surface area contributed by atoms with Gasteiger partial charge in [0, 0.05) is 19.0 Å². The number of unbranched alkanes of at least 4 members (excludes halogenated alkanes) is 2. The molecule has 1 aromatic heterocycles. The Morgan fingerprint density at radius 2 is 1.94 bits per heavy atom. The number of rotatable bonds is 9. The Hall–Kier alpha value is -0.770. The molecule has 0 amide bonds. The number of anilines is 1. The molecule has 0 saturated carbocycles. The fourth-order valence-electron chi connectivity index (χ4n) is 1.68. The highest BCUT2D eigenvalue weighted by Crippen LogP contribution is 2.20. The molecule has 0 radical (unpaired) electrons. The van der Waals surface area contributed by atoms with Crippen LogP contribution in [0.4, 0.5) is 5.82 Å². The summed E-state index contributed by atoms with van der Waals surface area (Å²) in [6.07, 6.45) is 5.90. The van der Waals surface area contributed by atoms with E-state index in [1.54, 1.807) is 0 Å². The van der Waals surface area contributed by atoms with Crippen LogP contribution in [0.25, 0.3) is 0 Å². The van der Waals surface area contributed by atoms with Crippen molar-refractivity contribution in [2.24, 2.45) is 0 Å². The summed E-state index contributed by atoms with van der Waals surface area (Å²) >= 11 is 1.85. The number of thioether (sulfide) groups is 1. The maximum atomic E-state index is 4.61. The molecule has 1 heterocycles. The minimum atomic E-state index is 0.905. The van der Waals surface area contributed by atoms with Crippen molar-refractivity contribution < 1.29 is 0 Å². The third kappa shape index (κ3) is 5.71. The smallest absolute Gasteiger partial charge is 0.132 e. The second-order valence-electron chi connectivity index (χ2n) is 4.34. The lowest BCUT2D eigenvalue weighted by molar-refractivity contribution is 0.776. The van der Waals surface area contributed by atoms with Gasteiger partial charge in [-0.1, -0.05) is 26.7 Å². The predicted molar refractivity (Wildman–Crippen MR) is 80.4 cm³/mol. The van der Waals surface area contributed by atoms with Crippen molar-refractivity contribution in [2.45, 2.75) is 57.9 Å². The minimum absolute atomic E-state index is 0.905. The Kier molecular flexibility index (Phi) is 7.81. The zero-order valence-electron chi connectivity index (χ0n) is 11.8. The third-order valence-electron chi connectivity index (χ3n) is 2.58. The van der Waals surface area contributed by atoms with Crippen LogP contribution in [0.1, 0.15) is 52.3 Å². The maximum absolute atomic E-state index is 4.61. The summed E-state index contributed by atoms with van der Waals surface area (Å²) in [5.41, 5.74) is 0. The third-order valence-corrected chi connectivity index (χ3v) is 3.58. The fourth-order valence-corrected chi connectivity index (χ4v) is 2.61. The van der Waals surface area contributed by atoms with Crippen LogP contribution in [0.15, 0.2) is 11.1 Å². The van der Waals surface area contributed by atoms with E-state index in [2.05, 4.69) is 42.1 Å². The van der Waals surface area contributed by atoms with Crippen molar-refractivity contribution in [3.05, 3.63) is 11.9 Å². The summed E-state index contributed by atoms with van der Waals surface area (Å²) in [5.74, 6) is 3.09. The van der Waals surface area contributed by atoms with Crippen molar-refractivity contribution in [3.63, 3.8) is 0 Å². The monoisotopic (exact) mass is 267 g/mol. The van der Waals surface area contributed by atoms with Crippen LogP contribution in [-0.2, 0) is 6.42 Å². The molecule has 0 aliphatic rings. The van der Waals surface area contributed by atoms with Crippen LogP contribution in [0.2, 0.25) is 0 Å². The van der Waals surface area contributed by atoms with Gasteiger partial charge in [-0.3, -0.25) is 0 Å². The Bertz CT molecular complexity index is 318. The lowest BCUT2D eigenvalue weighted by atomic mass is 10.3. The predicted octanol–water partition coefficient (Wildman–Crippen LogP) is 4.14. The van der Waals surface area contributed by atoms with E-state index in [-0.39, 0.29) is 0 Å². The summed E-state index contributed by atoms with van der Waals surface area (Å²) in [6.45, 7) is 7.40. The molecule has 3 nitrogen and oxygen atoms in total. The Morgan fingerprint density at radius 3 is 2.61 bits per heavy atom. The molecular formula is C14H25N3S. The van der Waals surface area contributed by atoms with E-state index in [4.69, 9.17) is 0 Å². The molecule has 0 aliphatic heterocycles. The van der Waals surface area contributed by atoms with Gasteiger partial charge in [-0.25, -0.2) is 9.97 Å². The van der Waals surface area contributed by atoms with Crippen LogP contribution in [0.3, 0.4) is 0 Å². The van der Waals surface area contributed by atoms with Gasteiger partial charge < -0.3 is 5.32 Å². The van der Waals surface area contributed by atoms with Crippen molar-refractivity contribution >= 4 is 17.6 Å². The molecule has 1 N–H and O–H groups in total. The molecule has 0 bridgehead atoms. The van der Waals surface area contributed by atoms with E-state index in [0.29, 0.717) is 0 Å². The van der Waals surface area contributed by atoms with E-state index < -0.39 is 0 Å². The highest BCUT2D eigenvalue weighted by molar-refractivity contribution is 7.99. The standard InChI is InChI=1S/C14H25N3S/c1-4-7-8-10-18-14-11-13(15-6-3)16-12(17-14)9-5-2/h11H,4-10H2,1-3H3,(H,15,16,17). The topological polar surface area (TPSA) is 37.8 Å². The number of nitrogens with zero attached hydrogens (tertiary/aromatic N) is 2. The van der Waals surface area contributed by atoms with Gasteiger partial charge in [0.25, 0.3) is 0 Å². The number of aromatic nitrogens is 2. The molecule has 0 aromatic carbocycles. The molecule has 1 aromatic rings. The molecule has 0 saturated heterocycles. The number of nitrogens with one attached hydrogen (secondary N) is 1. The second kappa shape index (κ2) is 9.20. The molecule has 0 fully saturated rings. The Balaban J connectivity index is 2.63. The molecule has 0 atom stereocenters. The summed E-state index contributed by atoms with van der Waals surface area (Å²) in [7, 11) is 0. The molecule has 0 aliphatic carbocycles. The lowest BCUT2D eigenvalue weighted by Crippen LogP contribution is -2.04. The van der Waals surface area contributed by atoms with Gasteiger partial charge in [-0.15, -0.1) is 11.8 Å². The average Bonchev–Trinajstić information content (AvgIpc) is 2.35. The molecular weight excluding hydrogens is 242 g/mol. The van der Waals surface area contributed by atoms with E-state index in [1.807, 2.05) is 11.8 Å². The SMILES string of the molecule is CCCCCSc1cc(NCC)nc(CCC)n1. The molecule has 1 rings (SSSR count). The van der Waals surface area contributed by atoms with Gasteiger partial charge in [0.1, 0.15) is 16.7 Å². The van der Waals surface area contributed by atoms with Crippen molar-refractivity contribution in [1.29, 1.82) is 0 Å². The average molecular weight is 267 g/mol. The highest BCUT2D eigenvalue weighted by Gasteiger charge is 2.04. The minimum Gasteiger partial charge on any atom is -0.370 e. The van der Waals surface area contributed by atoms with Crippen molar-refractivity contribution in [1.82, 2.24) is 9.97 Å². The quantitative estimate of drug-likeness (QED) is 0.414. The first kappa shape index (κ1) is 15.3. The lowest BCUT2D eigenvalue weighted by Gasteiger charge is -2.08. The summed E-state index contributed by atoms with van der Waals surface area (Å²) in [4.78, 5) is 9.14. The zero-order valence-corrected chi connectivity index (χ0v) is 12.6. The first-order valence-corrected chi connectivity index (χ1v) is 8.03.